The molecule has 1 N–H and O–H groups in total. The number of methoxy groups -OCH3 is 1. The summed E-state index contributed by atoms with van der Waals surface area (Å²) in [5.41, 5.74) is 1.45. The lowest BCUT2D eigenvalue weighted by Gasteiger charge is -2.22. The number of benzene rings is 1. The largest absolute Gasteiger partial charge is 0.465 e. The molecular weight excluding hydrogens is 366 g/mol. The van der Waals surface area contributed by atoms with Crippen LogP contribution in [0.4, 0.5) is 0 Å². The number of thioether (sulfide) groups is 1. The van der Waals surface area contributed by atoms with Crippen molar-refractivity contribution in [2.24, 2.45) is 0 Å². The van der Waals surface area contributed by atoms with Crippen molar-refractivity contribution in [2.45, 2.75) is 12.6 Å². The van der Waals surface area contributed by atoms with E-state index in [0.717, 1.165) is 5.56 Å². The lowest BCUT2D eigenvalue weighted by molar-refractivity contribution is -0.124. The third-order valence-corrected chi connectivity index (χ3v) is 5.17. The third kappa shape index (κ3) is 4.46. The minimum atomic E-state index is -0.548. The van der Waals surface area contributed by atoms with Crippen LogP contribution in [0.25, 0.3) is 0 Å². The van der Waals surface area contributed by atoms with Gasteiger partial charge in [0.1, 0.15) is 11.7 Å². The maximum Gasteiger partial charge on any atom is 0.339 e. The predicted octanol–water partition coefficient (Wildman–Crippen LogP) is 1.70. The molecule has 1 saturated heterocycles. The molecule has 1 aromatic heterocycles. The molecule has 8 heteroatoms. The van der Waals surface area contributed by atoms with Gasteiger partial charge in [-0.2, -0.15) is 0 Å². The van der Waals surface area contributed by atoms with Crippen LogP contribution in [0.15, 0.2) is 48.7 Å². The van der Waals surface area contributed by atoms with Gasteiger partial charge in [-0.3, -0.25) is 14.6 Å². The summed E-state index contributed by atoms with van der Waals surface area (Å²) in [5.74, 6) is -0.0917. The normalized spacial score (nSPS) is 16.0. The lowest BCUT2D eigenvalue weighted by Crippen LogP contribution is -2.47. The fourth-order valence-electron chi connectivity index (χ4n) is 2.67. The first-order valence-electron chi connectivity index (χ1n) is 8.35. The van der Waals surface area contributed by atoms with Gasteiger partial charge in [0.05, 0.1) is 18.6 Å². The van der Waals surface area contributed by atoms with Gasteiger partial charge in [-0.25, -0.2) is 4.79 Å². The number of ether oxygens (including phenoxy) is 1. The van der Waals surface area contributed by atoms with E-state index in [1.165, 1.54) is 42.1 Å². The van der Waals surface area contributed by atoms with Crippen molar-refractivity contribution >= 4 is 29.5 Å². The van der Waals surface area contributed by atoms with Crippen LogP contribution in [-0.4, -0.2) is 52.4 Å². The molecule has 2 aromatic rings. The molecule has 27 heavy (non-hydrogen) atoms. The number of hydrogen-bond acceptors (Lipinski definition) is 6. The monoisotopic (exact) mass is 385 g/mol. The highest BCUT2D eigenvalue weighted by molar-refractivity contribution is 7.99. The fourth-order valence-corrected chi connectivity index (χ4v) is 3.82. The number of nitrogens with zero attached hydrogens (tertiary/aromatic N) is 2. The van der Waals surface area contributed by atoms with Gasteiger partial charge in [0.2, 0.25) is 5.91 Å². The lowest BCUT2D eigenvalue weighted by atomic mass is 10.2. The van der Waals surface area contributed by atoms with Gasteiger partial charge in [-0.15, -0.1) is 11.8 Å². The van der Waals surface area contributed by atoms with E-state index in [9.17, 15) is 14.4 Å². The maximum absolute atomic E-state index is 12.7. The molecule has 0 bridgehead atoms. The number of pyridine rings is 1. The first-order chi connectivity index (χ1) is 13.1. The second-order valence-electron chi connectivity index (χ2n) is 5.92. The van der Waals surface area contributed by atoms with E-state index in [1.54, 1.807) is 0 Å². The molecule has 140 valence electrons. The van der Waals surface area contributed by atoms with Crippen molar-refractivity contribution < 1.29 is 19.1 Å². The van der Waals surface area contributed by atoms with Gasteiger partial charge in [0, 0.05) is 18.5 Å². The molecule has 2 heterocycles. The second-order valence-corrected chi connectivity index (χ2v) is 6.92. The molecule has 0 radical (unpaired) electrons. The van der Waals surface area contributed by atoms with Crippen molar-refractivity contribution in [2.75, 3.05) is 18.7 Å². The number of rotatable bonds is 5. The Labute approximate surface area is 161 Å². The van der Waals surface area contributed by atoms with E-state index in [0.29, 0.717) is 18.2 Å². The first-order valence-corrected chi connectivity index (χ1v) is 9.50. The second kappa shape index (κ2) is 8.68. The average molecular weight is 385 g/mol. The molecule has 0 saturated carbocycles. The molecule has 0 aliphatic carbocycles. The van der Waals surface area contributed by atoms with Crippen LogP contribution in [0.3, 0.4) is 0 Å². The standard InChI is InChI=1S/C19H19N3O4S/c1-26-19(25)14-7-8-15(20-10-14)18(24)22-12-27-11-16(22)17(23)21-9-13-5-3-2-4-6-13/h2-8,10,16H,9,11-12H2,1H3,(H,21,23). The van der Waals surface area contributed by atoms with Gasteiger partial charge in [0.15, 0.2) is 0 Å². The van der Waals surface area contributed by atoms with E-state index in [2.05, 4.69) is 15.0 Å². The van der Waals surface area contributed by atoms with Crippen LogP contribution in [0.5, 0.6) is 0 Å². The topological polar surface area (TPSA) is 88.6 Å². The summed E-state index contributed by atoms with van der Waals surface area (Å²) in [5, 5.41) is 2.88. The Kier molecular flexibility index (Phi) is 6.08. The molecule has 2 amide bonds. The highest BCUT2D eigenvalue weighted by Crippen LogP contribution is 2.23. The Morgan fingerprint density at radius 1 is 1.22 bits per heavy atom. The Morgan fingerprint density at radius 2 is 2.00 bits per heavy atom. The number of carbonyl (C=O) groups excluding carboxylic acids is 3. The highest BCUT2D eigenvalue weighted by Gasteiger charge is 2.35. The minimum Gasteiger partial charge on any atom is -0.465 e. The SMILES string of the molecule is COC(=O)c1ccc(C(=O)N2CSCC2C(=O)NCc2ccccc2)nc1. The first kappa shape index (κ1) is 18.9. The summed E-state index contributed by atoms with van der Waals surface area (Å²) in [7, 11) is 1.28. The van der Waals surface area contributed by atoms with Gasteiger partial charge >= 0.3 is 5.97 Å². The molecule has 1 aliphatic heterocycles. The minimum absolute atomic E-state index is 0.186. The van der Waals surface area contributed by atoms with Crippen LogP contribution < -0.4 is 5.32 Å². The van der Waals surface area contributed by atoms with E-state index >= 15 is 0 Å². The highest BCUT2D eigenvalue weighted by atomic mass is 32.2. The molecule has 1 fully saturated rings. The quantitative estimate of drug-likeness (QED) is 0.788. The van der Waals surface area contributed by atoms with Crippen molar-refractivity contribution in [1.82, 2.24) is 15.2 Å². The van der Waals surface area contributed by atoms with E-state index in [-0.39, 0.29) is 23.1 Å². The fraction of sp³-hybridized carbons (Fsp3) is 0.263. The van der Waals surface area contributed by atoms with Crippen LogP contribution >= 0.6 is 11.8 Å². The number of hydrogen-bond donors (Lipinski definition) is 1. The summed E-state index contributed by atoms with van der Waals surface area (Å²) in [6.45, 7) is 0.412. The van der Waals surface area contributed by atoms with Gasteiger partial charge in [-0.05, 0) is 17.7 Å². The van der Waals surface area contributed by atoms with Gasteiger partial charge < -0.3 is 15.0 Å². The summed E-state index contributed by atoms with van der Waals surface area (Å²) >= 11 is 1.52. The van der Waals surface area contributed by atoms with Gasteiger partial charge in [-0.1, -0.05) is 30.3 Å². The van der Waals surface area contributed by atoms with E-state index < -0.39 is 12.0 Å². The van der Waals surface area contributed by atoms with Crippen LogP contribution in [-0.2, 0) is 16.1 Å². The molecule has 1 aliphatic rings. The van der Waals surface area contributed by atoms with Crippen molar-refractivity contribution in [1.29, 1.82) is 0 Å². The van der Waals surface area contributed by atoms with E-state index in [4.69, 9.17) is 0 Å². The van der Waals surface area contributed by atoms with Crippen molar-refractivity contribution in [3.63, 3.8) is 0 Å². The molecule has 1 aromatic carbocycles. The Morgan fingerprint density at radius 3 is 2.67 bits per heavy atom. The zero-order valence-electron chi connectivity index (χ0n) is 14.8. The van der Waals surface area contributed by atoms with Crippen LogP contribution in [0.1, 0.15) is 26.4 Å². The summed E-state index contributed by atoms with van der Waals surface area (Å²) < 4.78 is 4.62. The molecule has 7 nitrogen and oxygen atoms in total. The van der Waals surface area contributed by atoms with Gasteiger partial charge in [0.25, 0.3) is 5.91 Å². The maximum atomic E-state index is 12.7. The number of nitrogens with one attached hydrogen (secondary N) is 1. The molecule has 0 spiro atoms. The summed E-state index contributed by atoms with van der Waals surface area (Å²) in [6.07, 6.45) is 1.30. The van der Waals surface area contributed by atoms with Crippen molar-refractivity contribution in [3.8, 4) is 0 Å². The Balaban J connectivity index is 1.65. The number of amides is 2. The number of carbonyl (C=O) groups is 3. The Bertz CT molecular complexity index is 827. The van der Waals surface area contributed by atoms with E-state index in [1.807, 2.05) is 30.3 Å². The van der Waals surface area contributed by atoms with Crippen LogP contribution in [0, 0.1) is 0 Å². The molecule has 1 atom stereocenters. The zero-order valence-corrected chi connectivity index (χ0v) is 15.6. The smallest absolute Gasteiger partial charge is 0.339 e. The van der Waals surface area contributed by atoms with Crippen molar-refractivity contribution in [3.05, 3.63) is 65.5 Å². The molecular formula is C19H19N3O4S. The number of aromatic nitrogens is 1. The third-order valence-electron chi connectivity index (χ3n) is 4.16. The molecule has 3 rings (SSSR count). The summed E-state index contributed by atoms with van der Waals surface area (Å²) in [6, 6.07) is 12.0. The number of esters is 1. The molecule has 1 unspecified atom stereocenters. The average Bonchev–Trinajstić information content (AvgIpc) is 3.21. The van der Waals surface area contributed by atoms with Crippen LogP contribution in [0.2, 0.25) is 0 Å². The Hall–Kier alpha value is -2.87. The predicted molar refractivity (Wildman–Crippen MR) is 101 cm³/mol. The zero-order chi connectivity index (χ0) is 19.2. The summed E-state index contributed by atoms with van der Waals surface area (Å²) in [4.78, 5) is 42.3.